The van der Waals surface area contributed by atoms with Crippen LogP contribution >= 0.6 is 0 Å². The van der Waals surface area contributed by atoms with Gasteiger partial charge in [0.15, 0.2) is 5.84 Å². The minimum Gasteiger partial charge on any atom is -0.508 e. The summed E-state index contributed by atoms with van der Waals surface area (Å²) >= 11 is 0. The first-order chi connectivity index (χ1) is 10.1. The number of benzene rings is 2. The zero-order valence-electron chi connectivity index (χ0n) is 11.9. The maximum Gasteiger partial charge on any atom is 0.170 e. The highest BCUT2D eigenvalue weighted by atomic mass is 16.4. The zero-order valence-corrected chi connectivity index (χ0v) is 11.9. The summed E-state index contributed by atoms with van der Waals surface area (Å²) in [4.78, 5) is 2.13. The lowest BCUT2D eigenvalue weighted by molar-refractivity contribution is 0.317. The fourth-order valence-electron chi connectivity index (χ4n) is 2.22. The first-order valence-corrected chi connectivity index (χ1v) is 6.62. The van der Waals surface area contributed by atoms with E-state index in [4.69, 9.17) is 10.9 Å². The Morgan fingerprint density at radius 3 is 2.33 bits per heavy atom. The average molecular weight is 285 g/mol. The maximum absolute atomic E-state index is 9.47. The van der Waals surface area contributed by atoms with Gasteiger partial charge < -0.3 is 16.0 Å². The van der Waals surface area contributed by atoms with Gasteiger partial charge in [-0.15, -0.1) is 0 Å². The molecule has 0 fully saturated rings. The number of phenolic OH excluding ortho intramolecular Hbond substituents is 1. The molecule has 5 nitrogen and oxygen atoms in total. The van der Waals surface area contributed by atoms with Crippen molar-refractivity contribution in [2.45, 2.75) is 13.1 Å². The van der Waals surface area contributed by atoms with Gasteiger partial charge in [0, 0.05) is 18.7 Å². The number of hydrogen-bond donors (Lipinski definition) is 3. The Labute approximate surface area is 123 Å². The maximum atomic E-state index is 9.47. The monoisotopic (exact) mass is 285 g/mol. The van der Waals surface area contributed by atoms with Crippen LogP contribution < -0.4 is 5.73 Å². The van der Waals surface area contributed by atoms with Gasteiger partial charge >= 0.3 is 0 Å². The molecule has 0 aliphatic carbocycles. The number of oxime groups is 1. The van der Waals surface area contributed by atoms with E-state index in [0.717, 1.165) is 24.2 Å². The van der Waals surface area contributed by atoms with E-state index in [2.05, 4.69) is 10.1 Å². The number of amidine groups is 1. The molecule has 0 aromatic heterocycles. The highest BCUT2D eigenvalue weighted by Crippen LogP contribution is 2.14. The number of hydrogen-bond acceptors (Lipinski definition) is 4. The van der Waals surface area contributed by atoms with Gasteiger partial charge in [-0.05, 0) is 36.4 Å². The molecule has 5 heteroatoms. The third-order valence-electron chi connectivity index (χ3n) is 3.15. The predicted octanol–water partition coefficient (Wildman–Crippen LogP) is 2.12. The van der Waals surface area contributed by atoms with E-state index in [1.165, 1.54) is 0 Å². The lowest BCUT2D eigenvalue weighted by Gasteiger charge is -2.17. The lowest BCUT2D eigenvalue weighted by Crippen LogP contribution is -2.18. The van der Waals surface area contributed by atoms with Crippen molar-refractivity contribution in [3.8, 4) is 5.75 Å². The SMILES string of the molecule is CN(Cc1cccc(O)c1)Cc1cccc(/C(N)=N/O)c1. The summed E-state index contributed by atoms with van der Waals surface area (Å²) in [5.74, 6) is 0.377. The van der Waals surface area contributed by atoms with Crippen molar-refractivity contribution in [1.29, 1.82) is 0 Å². The number of nitrogens with two attached hydrogens (primary N) is 1. The summed E-state index contributed by atoms with van der Waals surface area (Å²) in [6.07, 6.45) is 0. The van der Waals surface area contributed by atoms with Crippen molar-refractivity contribution in [2.24, 2.45) is 10.9 Å². The Kier molecular flexibility index (Phi) is 4.79. The molecule has 110 valence electrons. The minimum absolute atomic E-state index is 0.104. The molecule has 2 rings (SSSR count). The van der Waals surface area contributed by atoms with Crippen molar-refractivity contribution >= 4 is 5.84 Å². The standard InChI is InChI=1S/C16H19N3O2/c1-19(11-13-5-3-7-15(20)9-13)10-12-4-2-6-14(8-12)16(17)18-21/h2-9,20-21H,10-11H2,1H3,(H2,17,18). The quantitative estimate of drug-likeness (QED) is 0.340. The lowest BCUT2D eigenvalue weighted by atomic mass is 10.1. The molecule has 0 aliphatic heterocycles. The zero-order chi connectivity index (χ0) is 15.2. The van der Waals surface area contributed by atoms with Crippen molar-refractivity contribution in [3.63, 3.8) is 0 Å². The van der Waals surface area contributed by atoms with Crippen LogP contribution in [0.2, 0.25) is 0 Å². The van der Waals surface area contributed by atoms with Gasteiger partial charge in [-0.25, -0.2) is 0 Å². The summed E-state index contributed by atoms with van der Waals surface area (Å²) in [7, 11) is 2.00. The Bertz CT molecular complexity index is 641. The molecule has 2 aromatic rings. The molecule has 4 N–H and O–H groups in total. The van der Waals surface area contributed by atoms with Crippen LogP contribution in [0.3, 0.4) is 0 Å². The van der Waals surface area contributed by atoms with E-state index in [0.29, 0.717) is 5.56 Å². The number of rotatable bonds is 5. The Hall–Kier alpha value is -2.53. The fraction of sp³-hybridized carbons (Fsp3) is 0.188. The molecular weight excluding hydrogens is 266 g/mol. The van der Waals surface area contributed by atoms with E-state index in [1.54, 1.807) is 18.2 Å². The largest absolute Gasteiger partial charge is 0.508 e. The molecule has 21 heavy (non-hydrogen) atoms. The van der Waals surface area contributed by atoms with Gasteiger partial charge in [-0.2, -0.15) is 0 Å². The Morgan fingerprint density at radius 2 is 1.71 bits per heavy atom. The summed E-state index contributed by atoms with van der Waals surface area (Å²) < 4.78 is 0. The van der Waals surface area contributed by atoms with Gasteiger partial charge in [0.1, 0.15) is 5.75 Å². The second-order valence-corrected chi connectivity index (χ2v) is 5.03. The Morgan fingerprint density at radius 1 is 1.10 bits per heavy atom. The highest BCUT2D eigenvalue weighted by Gasteiger charge is 2.05. The van der Waals surface area contributed by atoms with Crippen LogP contribution in [-0.2, 0) is 13.1 Å². The summed E-state index contributed by atoms with van der Waals surface area (Å²) in [5.41, 5.74) is 8.41. The molecule has 0 heterocycles. The van der Waals surface area contributed by atoms with Crippen molar-refractivity contribution in [1.82, 2.24) is 4.90 Å². The van der Waals surface area contributed by atoms with E-state index < -0.39 is 0 Å². The van der Waals surface area contributed by atoms with Crippen molar-refractivity contribution in [3.05, 3.63) is 65.2 Å². The number of aromatic hydroxyl groups is 1. The molecule has 0 spiro atoms. The van der Waals surface area contributed by atoms with E-state index in [9.17, 15) is 5.11 Å². The molecule has 0 saturated heterocycles. The van der Waals surface area contributed by atoms with Gasteiger partial charge in [-0.1, -0.05) is 35.5 Å². The van der Waals surface area contributed by atoms with E-state index >= 15 is 0 Å². The molecule has 2 aromatic carbocycles. The minimum atomic E-state index is 0.104. The van der Waals surface area contributed by atoms with Crippen molar-refractivity contribution in [2.75, 3.05) is 7.05 Å². The van der Waals surface area contributed by atoms with Crippen LogP contribution in [0, 0.1) is 0 Å². The van der Waals surface area contributed by atoms with Crippen LogP contribution in [0.4, 0.5) is 0 Å². The topological polar surface area (TPSA) is 82.1 Å². The molecule has 0 atom stereocenters. The Balaban J connectivity index is 2.04. The smallest absolute Gasteiger partial charge is 0.170 e. The summed E-state index contributed by atoms with van der Waals surface area (Å²) in [6.45, 7) is 1.45. The van der Waals surface area contributed by atoms with Crippen LogP contribution in [-0.4, -0.2) is 28.1 Å². The summed E-state index contributed by atoms with van der Waals surface area (Å²) in [5, 5.41) is 21.2. The van der Waals surface area contributed by atoms with Gasteiger partial charge in [0.05, 0.1) is 0 Å². The van der Waals surface area contributed by atoms with Crippen LogP contribution in [0.25, 0.3) is 0 Å². The van der Waals surface area contributed by atoms with E-state index in [1.807, 2.05) is 37.4 Å². The second kappa shape index (κ2) is 6.76. The third-order valence-corrected chi connectivity index (χ3v) is 3.15. The summed E-state index contributed by atoms with van der Waals surface area (Å²) in [6, 6.07) is 14.8. The van der Waals surface area contributed by atoms with Gasteiger partial charge in [-0.3, -0.25) is 4.90 Å². The number of phenols is 1. The predicted molar refractivity (Wildman–Crippen MR) is 82.2 cm³/mol. The third kappa shape index (κ3) is 4.22. The van der Waals surface area contributed by atoms with Crippen LogP contribution in [0.15, 0.2) is 53.7 Å². The van der Waals surface area contributed by atoms with Crippen LogP contribution in [0.5, 0.6) is 5.75 Å². The molecule has 0 saturated carbocycles. The van der Waals surface area contributed by atoms with Crippen LogP contribution in [0.1, 0.15) is 16.7 Å². The molecule has 0 aliphatic rings. The van der Waals surface area contributed by atoms with Gasteiger partial charge in [0.25, 0.3) is 0 Å². The van der Waals surface area contributed by atoms with E-state index in [-0.39, 0.29) is 11.6 Å². The molecule has 0 unspecified atom stereocenters. The first-order valence-electron chi connectivity index (χ1n) is 6.62. The normalized spacial score (nSPS) is 11.8. The van der Waals surface area contributed by atoms with Crippen molar-refractivity contribution < 1.29 is 10.3 Å². The molecule has 0 amide bonds. The highest BCUT2D eigenvalue weighted by molar-refractivity contribution is 5.97. The second-order valence-electron chi connectivity index (χ2n) is 5.03. The average Bonchev–Trinajstić information content (AvgIpc) is 2.46. The fourth-order valence-corrected chi connectivity index (χ4v) is 2.22. The molecular formula is C16H19N3O2. The van der Waals surface area contributed by atoms with Gasteiger partial charge in [0.2, 0.25) is 0 Å². The molecule has 0 bridgehead atoms. The molecule has 0 radical (unpaired) electrons. The number of nitrogens with zero attached hydrogens (tertiary/aromatic N) is 2. The first kappa shape index (κ1) is 14.9.